The number of amides is 1. The minimum atomic E-state index is -0.678. The molecular formula is C20H17ClN2O2. The molecule has 0 fully saturated rings. The lowest BCUT2D eigenvalue weighted by Crippen LogP contribution is -2.33. The highest BCUT2D eigenvalue weighted by molar-refractivity contribution is 6.30. The van der Waals surface area contributed by atoms with Gasteiger partial charge in [-0.3, -0.25) is 4.79 Å². The van der Waals surface area contributed by atoms with Gasteiger partial charge in [-0.2, -0.15) is 5.10 Å². The SMILES string of the molecule is C[C@@H](Oc1cccc2ccccc12)C(=O)N/N=C\c1cccc(Cl)c1. The predicted octanol–water partition coefficient (Wildman–Crippen LogP) is 4.41. The van der Waals surface area contributed by atoms with E-state index in [2.05, 4.69) is 10.5 Å². The van der Waals surface area contributed by atoms with Crippen LogP contribution >= 0.6 is 11.6 Å². The van der Waals surface area contributed by atoms with Crippen molar-refractivity contribution < 1.29 is 9.53 Å². The molecule has 0 radical (unpaired) electrons. The third-order valence-corrected chi connectivity index (χ3v) is 3.89. The second-order valence-corrected chi connectivity index (χ2v) is 5.96. The van der Waals surface area contributed by atoms with Crippen molar-refractivity contribution in [3.8, 4) is 5.75 Å². The van der Waals surface area contributed by atoms with Gasteiger partial charge < -0.3 is 4.74 Å². The van der Waals surface area contributed by atoms with E-state index in [9.17, 15) is 4.79 Å². The molecule has 5 heteroatoms. The molecule has 1 atom stereocenters. The second kappa shape index (κ2) is 7.81. The third kappa shape index (κ3) is 4.37. The number of nitrogens with one attached hydrogen (secondary N) is 1. The largest absolute Gasteiger partial charge is 0.480 e. The summed E-state index contributed by atoms with van der Waals surface area (Å²) in [5.41, 5.74) is 3.28. The van der Waals surface area contributed by atoms with Gasteiger partial charge in [-0.25, -0.2) is 5.43 Å². The molecule has 0 aliphatic heterocycles. The fourth-order valence-electron chi connectivity index (χ4n) is 2.39. The van der Waals surface area contributed by atoms with Crippen molar-refractivity contribution in [2.24, 2.45) is 5.10 Å². The van der Waals surface area contributed by atoms with E-state index in [1.165, 1.54) is 6.21 Å². The van der Waals surface area contributed by atoms with Gasteiger partial charge in [-0.1, -0.05) is 60.1 Å². The molecule has 3 aromatic carbocycles. The number of hydrogen-bond acceptors (Lipinski definition) is 3. The zero-order valence-corrected chi connectivity index (χ0v) is 14.4. The van der Waals surface area contributed by atoms with Crippen molar-refractivity contribution >= 4 is 34.5 Å². The summed E-state index contributed by atoms with van der Waals surface area (Å²) < 4.78 is 5.80. The number of nitrogens with zero attached hydrogens (tertiary/aromatic N) is 1. The lowest BCUT2D eigenvalue weighted by Gasteiger charge is -2.14. The lowest BCUT2D eigenvalue weighted by molar-refractivity contribution is -0.127. The minimum absolute atomic E-state index is 0.328. The van der Waals surface area contributed by atoms with E-state index in [0.29, 0.717) is 10.8 Å². The Hall–Kier alpha value is -2.85. The highest BCUT2D eigenvalue weighted by Crippen LogP contribution is 2.26. The minimum Gasteiger partial charge on any atom is -0.480 e. The van der Waals surface area contributed by atoms with Gasteiger partial charge in [-0.05, 0) is 36.1 Å². The first-order valence-electron chi connectivity index (χ1n) is 7.86. The normalized spacial score (nSPS) is 12.2. The molecule has 3 rings (SSSR count). The molecule has 0 bridgehead atoms. The van der Waals surface area contributed by atoms with E-state index in [1.54, 1.807) is 19.1 Å². The molecule has 4 nitrogen and oxygen atoms in total. The standard InChI is InChI=1S/C20H17ClN2O2/c1-14(20(24)23-22-13-15-6-4-9-17(21)12-15)25-19-11-5-8-16-7-2-3-10-18(16)19/h2-14H,1H3,(H,23,24)/b22-13-/t14-/m1/s1. The Morgan fingerprint density at radius 3 is 2.72 bits per heavy atom. The van der Waals surface area contributed by atoms with Crippen molar-refractivity contribution in [2.75, 3.05) is 0 Å². The lowest BCUT2D eigenvalue weighted by atomic mass is 10.1. The first kappa shape index (κ1) is 17.0. The highest BCUT2D eigenvalue weighted by atomic mass is 35.5. The van der Waals surface area contributed by atoms with E-state index in [-0.39, 0.29) is 5.91 Å². The molecule has 0 heterocycles. The molecular weight excluding hydrogens is 336 g/mol. The number of fused-ring (bicyclic) bond motifs is 1. The maximum absolute atomic E-state index is 12.2. The highest BCUT2D eigenvalue weighted by Gasteiger charge is 2.15. The van der Waals surface area contributed by atoms with Gasteiger partial charge in [0.05, 0.1) is 6.21 Å². The monoisotopic (exact) mass is 352 g/mol. The number of ether oxygens (including phenoxy) is 1. The van der Waals surface area contributed by atoms with Crippen molar-refractivity contribution in [2.45, 2.75) is 13.0 Å². The summed E-state index contributed by atoms with van der Waals surface area (Å²) in [6.45, 7) is 1.69. The Bertz CT molecular complexity index is 919. The topological polar surface area (TPSA) is 50.7 Å². The predicted molar refractivity (Wildman–Crippen MR) is 101 cm³/mol. The quantitative estimate of drug-likeness (QED) is 0.546. The van der Waals surface area contributed by atoms with Crippen LogP contribution in [0.1, 0.15) is 12.5 Å². The molecule has 0 aliphatic carbocycles. The van der Waals surface area contributed by atoms with Gasteiger partial charge in [0, 0.05) is 10.4 Å². The molecule has 0 saturated carbocycles. The van der Waals surface area contributed by atoms with Crippen molar-refractivity contribution in [3.05, 3.63) is 77.3 Å². The summed E-state index contributed by atoms with van der Waals surface area (Å²) in [5, 5.41) is 6.58. The second-order valence-electron chi connectivity index (χ2n) is 5.53. The van der Waals surface area contributed by atoms with Crippen LogP contribution in [0, 0.1) is 0 Å². The smallest absolute Gasteiger partial charge is 0.280 e. The molecule has 1 amide bonds. The van der Waals surface area contributed by atoms with Gasteiger partial charge >= 0.3 is 0 Å². The van der Waals surface area contributed by atoms with E-state index in [0.717, 1.165) is 16.3 Å². The molecule has 1 N–H and O–H groups in total. The van der Waals surface area contributed by atoms with Gasteiger partial charge in [-0.15, -0.1) is 0 Å². The number of carbonyl (C=O) groups is 1. The number of halogens is 1. The van der Waals surface area contributed by atoms with E-state index in [1.807, 2.05) is 54.6 Å². The van der Waals surface area contributed by atoms with Crippen LogP contribution in [0.15, 0.2) is 71.8 Å². The molecule has 3 aromatic rings. The Balaban J connectivity index is 1.64. The zero-order chi connectivity index (χ0) is 17.6. The third-order valence-electron chi connectivity index (χ3n) is 3.66. The fraction of sp³-hybridized carbons (Fsp3) is 0.100. The Labute approximate surface area is 151 Å². The van der Waals surface area contributed by atoms with Gasteiger partial charge in [0.15, 0.2) is 6.10 Å². The fourth-order valence-corrected chi connectivity index (χ4v) is 2.59. The molecule has 0 unspecified atom stereocenters. The van der Waals surface area contributed by atoms with Crippen LogP contribution in [0.3, 0.4) is 0 Å². The molecule has 126 valence electrons. The van der Waals surface area contributed by atoms with Gasteiger partial charge in [0.25, 0.3) is 5.91 Å². The summed E-state index contributed by atoms with van der Waals surface area (Å²) in [6, 6.07) is 20.8. The van der Waals surface area contributed by atoms with Gasteiger partial charge in [0.2, 0.25) is 0 Å². The molecule has 25 heavy (non-hydrogen) atoms. The zero-order valence-electron chi connectivity index (χ0n) is 13.6. The van der Waals surface area contributed by atoms with E-state index in [4.69, 9.17) is 16.3 Å². The maximum atomic E-state index is 12.2. The van der Waals surface area contributed by atoms with Gasteiger partial charge in [0.1, 0.15) is 5.75 Å². The summed E-state index contributed by atoms with van der Waals surface area (Å²) in [4.78, 5) is 12.2. The summed E-state index contributed by atoms with van der Waals surface area (Å²) in [5.74, 6) is 0.339. The number of hydrogen-bond donors (Lipinski definition) is 1. The van der Waals surface area contributed by atoms with Crippen molar-refractivity contribution in [1.29, 1.82) is 0 Å². The van der Waals surface area contributed by atoms with Crippen LogP contribution in [-0.4, -0.2) is 18.2 Å². The summed E-state index contributed by atoms with van der Waals surface area (Å²) in [6.07, 6.45) is 0.858. The van der Waals surface area contributed by atoms with Crippen molar-refractivity contribution in [3.63, 3.8) is 0 Å². The van der Waals surface area contributed by atoms with Crippen LogP contribution in [0.2, 0.25) is 5.02 Å². The summed E-state index contributed by atoms with van der Waals surface area (Å²) in [7, 11) is 0. The Morgan fingerprint density at radius 2 is 1.88 bits per heavy atom. The van der Waals surface area contributed by atoms with Crippen LogP contribution in [0.25, 0.3) is 10.8 Å². The Morgan fingerprint density at radius 1 is 1.12 bits per heavy atom. The van der Waals surface area contributed by atoms with Crippen LogP contribution in [-0.2, 0) is 4.79 Å². The first-order valence-corrected chi connectivity index (χ1v) is 8.24. The molecule has 0 aliphatic rings. The average molecular weight is 353 g/mol. The molecule has 0 saturated heterocycles. The average Bonchev–Trinajstić information content (AvgIpc) is 2.62. The van der Waals surface area contributed by atoms with E-state index >= 15 is 0 Å². The summed E-state index contributed by atoms with van der Waals surface area (Å²) >= 11 is 5.91. The number of hydrazone groups is 1. The molecule has 0 spiro atoms. The van der Waals surface area contributed by atoms with Crippen molar-refractivity contribution in [1.82, 2.24) is 5.43 Å². The number of benzene rings is 3. The van der Waals surface area contributed by atoms with Crippen LogP contribution in [0.4, 0.5) is 0 Å². The van der Waals surface area contributed by atoms with Crippen LogP contribution < -0.4 is 10.2 Å². The number of carbonyl (C=O) groups excluding carboxylic acids is 1. The van der Waals surface area contributed by atoms with Crippen LogP contribution in [0.5, 0.6) is 5.75 Å². The maximum Gasteiger partial charge on any atom is 0.280 e. The number of rotatable bonds is 5. The molecule has 0 aromatic heterocycles. The Kier molecular flexibility index (Phi) is 5.31. The first-order chi connectivity index (χ1) is 12.1. The van der Waals surface area contributed by atoms with E-state index < -0.39 is 6.10 Å².